The number of nitrogens with zero attached hydrogens (tertiary/aromatic N) is 1. The number of carbonyl (C=O) groups excluding carboxylic acids is 1. The predicted octanol–water partition coefficient (Wildman–Crippen LogP) is 2.05. The van der Waals surface area contributed by atoms with E-state index >= 15 is 0 Å². The Labute approximate surface area is 124 Å². The lowest BCUT2D eigenvalue weighted by atomic mass is 9.76. The molecule has 0 aliphatic carbocycles. The van der Waals surface area contributed by atoms with Gasteiger partial charge in [0.05, 0.1) is 5.41 Å². The Hall–Kier alpha value is -1.17. The van der Waals surface area contributed by atoms with E-state index in [1.807, 2.05) is 19.9 Å². The van der Waals surface area contributed by atoms with Crippen molar-refractivity contribution < 1.29 is 14.7 Å². The molecule has 114 valence electrons. The number of hydrogen-bond acceptors (Lipinski definition) is 3. The number of rotatable bonds is 7. The zero-order chi connectivity index (χ0) is 15.2. The smallest absolute Gasteiger partial charge is 0.317 e. The lowest BCUT2D eigenvalue weighted by Crippen LogP contribution is -2.44. The maximum atomic E-state index is 12.0. The van der Waals surface area contributed by atoms with E-state index in [2.05, 4.69) is 11.9 Å². The third-order valence-corrected chi connectivity index (χ3v) is 4.84. The first-order chi connectivity index (χ1) is 9.44. The summed E-state index contributed by atoms with van der Waals surface area (Å²) < 4.78 is 0. The minimum absolute atomic E-state index is 0.0148. The number of nitrogens with one attached hydrogen (secondary N) is 1. The molecular weight excluding hydrogens is 276 g/mol. The first-order valence-corrected chi connectivity index (χ1v) is 8.04. The van der Waals surface area contributed by atoms with E-state index in [9.17, 15) is 14.7 Å². The van der Waals surface area contributed by atoms with Gasteiger partial charge in [0.2, 0.25) is 0 Å². The lowest BCUT2D eigenvalue weighted by Gasteiger charge is -2.28. The summed E-state index contributed by atoms with van der Waals surface area (Å²) in [4.78, 5) is 25.1. The Morgan fingerprint density at radius 2 is 2.25 bits per heavy atom. The summed E-state index contributed by atoms with van der Waals surface area (Å²) in [6.07, 6.45) is 2.36. The van der Waals surface area contributed by atoms with E-state index in [1.165, 1.54) is 0 Å². The van der Waals surface area contributed by atoms with Crippen LogP contribution in [0.1, 0.15) is 20.3 Å². The molecule has 1 rings (SSSR count). The molecule has 0 aromatic heterocycles. The van der Waals surface area contributed by atoms with Crippen LogP contribution >= 0.6 is 11.8 Å². The van der Waals surface area contributed by atoms with Gasteiger partial charge in [0.15, 0.2) is 0 Å². The van der Waals surface area contributed by atoms with Gasteiger partial charge in [0.25, 0.3) is 0 Å². The SMILES string of the molecule is C=CCSCCNC(=O)N1CCC(C(=O)O)(C(C)C)C1. The van der Waals surface area contributed by atoms with Crippen LogP contribution in [0.15, 0.2) is 12.7 Å². The van der Waals surface area contributed by atoms with Crippen molar-refractivity contribution in [2.45, 2.75) is 20.3 Å². The van der Waals surface area contributed by atoms with E-state index in [4.69, 9.17) is 0 Å². The van der Waals surface area contributed by atoms with Crippen LogP contribution in [0.25, 0.3) is 0 Å². The Kier molecular flexibility index (Phi) is 6.39. The van der Waals surface area contributed by atoms with E-state index in [-0.39, 0.29) is 11.9 Å². The number of hydrogen-bond donors (Lipinski definition) is 2. The van der Waals surface area contributed by atoms with Crippen LogP contribution in [0.3, 0.4) is 0 Å². The van der Waals surface area contributed by atoms with Gasteiger partial charge in [0, 0.05) is 31.1 Å². The largest absolute Gasteiger partial charge is 0.481 e. The Balaban J connectivity index is 2.44. The molecule has 1 fully saturated rings. The molecule has 5 nitrogen and oxygen atoms in total. The van der Waals surface area contributed by atoms with E-state index in [0.29, 0.717) is 26.1 Å². The Bertz CT molecular complexity index is 373. The topological polar surface area (TPSA) is 69.6 Å². The second-order valence-electron chi connectivity index (χ2n) is 5.38. The normalized spacial score (nSPS) is 22.1. The van der Waals surface area contributed by atoms with Gasteiger partial charge in [-0.05, 0) is 12.3 Å². The minimum Gasteiger partial charge on any atom is -0.481 e. The molecule has 0 radical (unpaired) electrons. The molecule has 6 heteroatoms. The molecule has 1 aliphatic rings. The first-order valence-electron chi connectivity index (χ1n) is 6.89. The molecule has 0 aromatic carbocycles. The maximum absolute atomic E-state index is 12.0. The highest BCUT2D eigenvalue weighted by molar-refractivity contribution is 7.99. The number of likely N-dealkylation sites (tertiary alicyclic amines) is 1. The number of carbonyl (C=O) groups is 2. The fourth-order valence-electron chi connectivity index (χ4n) is 2.41. The van der Waals surface area contributed by atoms with Gasteiger partial charge < -0.3 is 15.3 Å². The Morgan fingerprint density at radius 1 is 1.55 bits per heavy atom. The van der Waals surface area contributed by atoms with Crippen molar-refractivity contribution in [1.29, 1.82) is 0 Å². The fourth-order valence-corrected chi connectivity index (χ4v) is 2.99. The van der Waals surface area contributed by atoms with E-state index in [1.54, 1.807) is 16.7 Å². The van der Waals surface area contributed by atoms with Gasteiger partial charge >= 0.3 is 12.0 Å². The molecule has 2 N–H and O–H groups in total. The highest BCUT2D eigenvalue weighted by Crippen LogP contribution is 2.38. The van der Waals surface area contributed by atoms with Crippen LogP contribution in [0, 0.1) is 11.3 Å². The number of amides is 2. The summed E-state index contributed by atoms with van der Waals surface area (Å²) in [6, 6.07) is -0.159. The van der Waals surface area contributed by atoms with Crippen molar-refractivity contribution in [2.75, 3.05) is 31.1 Å². The summed E-state index contributed by atoms with van der Waals surface area (Å²) in [5.41, 5.74) is -0.797. The van der Waals surface area contributed by atoms with Crippen LogP contribution < -0.4 is 5.32 Å². The van der Waals surface area contributed by atoms with E-state index < -0.39 is 11.4 Å². The number of urea groups is 1. The fraction of sp³-hybridized carbons (Fsp3) is 0.714. The van der Waals surface area contributed by atoms with Crippen LogP contribution in [-0.2, 0) is 4.79 Å². The second kappa shape index (κ2) is 7.57. The van der Waals surface area contributed by atoms with Gasteiger partial charge in [0.1, 0.15) is 0 Å². The molecule has 1 saturated heterocycles. The number of aliphatic carboxylic acids is 1. The minimum atomic E-state index is -0.802. The molecule has 0 saturated carbocycles. The molecule has 2 amide bonds. The van der Waals surface area contributed by atoms with Crippen molar-refractivity contribution in [1.82, 2.24) is 10.2 Å². The van der Waals surface area contributed by atoms with Gasteiger partial charge in [-0.1, -0.05) is 19.9 Å². The molecule has 1 unspecified atom stereocenters. The Morgan fingerprint density at radius 3 is 2.75 bits per heavy atom. The molecule has 20 heavy (non-hydrogen) atoms. The molecular formula is C14H24N2O3S. The van der Waals surface area contributed by atoms with Crippen LogP contribution in [-0.4, -0.2) is 53.1 Å². The summed E-state index contributed by atoms with van der Waals surface area (Å²) >= 11 is 1.70. The lowest BCUT2D eigenvalue weighted by molar-refractivity contribution is -0.150. The third-order valence-electron chi connectivity index (χ3n) is 3.88. The molecule has 1 aliphatic heterocycles. The predicted molar refractivity (Wildman–Crippen MR) is 82.0 cm³/mol. The summed E-state index contributed by atoms with van der Waals surface area (Å²) in [7, 11) is 0. The quantitative estimate of drug-likeness (QED) is 0.558. The van der Waals surface area contributed by atoms with Crippen molar-refractivity contribution in [3.8, 4) is 0 Å². The summed E-state index contributed by atoms with van der Waals surface area (Å²) in [6.45, 7) is 8.84. The van der Waals surface area contributed by atoms with Gasteiger partial charge in [-0.25, -0.2) is 4.79 Å². The average Bonchev–Trinajstić information content (AvgIpc) is 2.84. The van der Waals surface area contributed by atoms with E-state index in [0.717, 1.165) is 11.5 Å². The number of carboxylic acid groups (broad SMARTS) is 1. The maximum Gasteiger partial charge on any atom is 0.317 e. The van der Waals surface area contributed by atoms with Gasteiger partial charge in [-0.3, -0.25) is 4.79 Å². The van der Waals surface area contributed by atoms with Crippen molar-refractivity contribution >= 4 is 23.8 Å². The third kappa shape index (κ3) is 3.91. The summed E-state index contributed by atoms with van der Waals surface area (Å²) in [5, 5.41) is 12.3. The first kappa shape index (κ1) is 16.9. The zero-order valence-electron chi connectivity index (χ0n) is 12.2. The van der Waals surface area contributed by atoms with Gasteiger partial charge in [-0.15, -0.1) is 6.58 Å². The molecule has 0 spiro atoms. The zero-order valence-corrected chi connectivity index (χ0v) is 13.0. The van der Waals surface area contributed by atoms with Crippen LogP contribution in [0.2, 0.25) is 0 Å². The second-order valence-corrected chi connectivity index (χ2v) is 6.53. The van der Waals surface area contributed by atoms with Crippen molar-refractivity contribution in [2.24, 2.45) is 11.3 Å². The van der Waals surface area contributed by atoms with Crippen LogP contribution in [0.4, 0.5) is 4.79 Å². The monoisotopic (exact) mass is 300 g/mol. The highest BCUT2D eigenvalue weighted by atomic mass is 32.2. The van der Waals surface area contributed by atoms with Crippen molar-refractivity contribution in [3.63, 3.8) is 0 Å². The molecule has 1 heterocycles. The standard InChI is InChI=1S/C14H24N2O3S/c1-4-8-20-9-6-15-13(19)16-7-5-14(10-16,11(2)3)12(17)18/h4,11H,1,5-10H2,2-3H3,(H,15,19)(H,17,18). The molecule has 0 aromatic rings. The molecule has 0 bridgehead atoms. The van der Waals surface area contributed by atoms with Crippen molar-refractivity contribution in [3.05, 3.63) is 12.7 Å². The highest BCUT2D eigenvalue weighted by Gasteiger charge is 2.48. The molecule has 1 atom stereocenters. The van der Waals surface area contributed by atoms with Gasteiger partial charge in [-0.2, -0.15) is 11.8 Å². The number of carboxylic acids is 1. The average molecular weight is 300 g/mol. The number of thioether (sulfide) groups is 1. The van der Waals surface area contributed by atoms with Crippen LogP contribution in [0.5, 0.6) is 0 Å². The summed E-state index contributed by atoms with van der Waals surface area (Å²) in [5.74, 6) is 0.917.